The van der Waals surface area contributed by atoms with E-state index < -0.39 is 0 Å². The maximum absolute atomic E-state index is 5.16. The van der Waals surface area contributed by atoms with E-state index in [2.05, 4.69) is 32.8 Å². The Balaban J connectivity index is 2.82. The number of aryl methyl sites for hydroxylation is 2. The number of aromatic nitrogens is 2. The molecule has 0 spiro atoms. The summed E-state index contributed by atoms with van der Waals surface area (Å²) in [6, 6.07) is 0. The molecule has 0 saturated heterocycles. The Labute approximate surface area is 103 Å². The molecule has 1 heterocycles. The predicted octanol–water partition coefficient (Wildman–Crippen LogP) is 3.04. The molecule has 0 radical (unpaired) electrons. The van der Waals surface area contributed by atoms with Gasteiger partial charge < -0.3 is 9.72 Å². The van der Waals surface area contributed by atoms with E-state index in [9.17, 15) is 0 Å². The maximum Gasteiger partial charge on any atom is 0.144 e. The first-order valence-electron chi connectivity index (χ1n) is 4.95. The van der Waals surface area contributed by atoms with Crippen molar-refractivity contribution >= 4 is 28.1 Å². The minimum atomic E-state index is 0.637. The van der Waals surface area contributed by atoms with Gasteiger partial charge in [0.1, 0.15) is 10.5 Å². The molecule has 0 saturated carbocycles. The van der Waals surface area contributed by atoms with Gasteiger partial charge >= 0.3 is 0 Å². The fourth-order valence-corrected chi connectivity index (χ4v) is 2.01. The summed E-state index contributed by atoms with van der Waals surface area (Å²) in [4.78, 5) is 7.59. The molecule has 0 aliphatic carbocycles. The highest BCUT2D eigenvalue weighted by Crippen LogP contribution is 2.16. The zero-order valence-electron chi connectivity index (χ0n) is 8.97. The van der Waals surface area contributed by atoms with Crippen LogP contribution in [-0.2, 0) is 17.6 Å². The second-order valence-electron chi connectivity index (χ2n) is 3.23. The van der Waals surface area contributed by atoms with Gasteiger partial charge in [0, 0.05) is 25.8 Å². The van der Waals surface area contributed by atoms with Gasteiger partial charge in [0.25, 0.3) is 0 Å². The zero-order valence-corrected chi connectivity index (χ0v) is 11.4. The van der Waals surface area contributed by atoms with E-state index in [0.717, 1.165) is 41.9 Å². The number of aromatic amines is 1. The number of ether oxygens (including phenoxy) is 1. The summed E-state index contributed by atoms with van der Waals surface area (Å²) >= 11 is 8.60. The van der Waals surface area contributed by atoms with Crippen LogP contribution in [0.25, 0.3) is 0 Å². The van der Waals surface area contributed by atoms with Crippen LogP contribution in [0.5, 0.6) is 0 Å². The van der Waals surface area contributed by atoms with Crippen molar-refractivity contribution in [2.45, 2.75) is 26.2 Å². The molecule has 1 aromatic heterocycles. The van der Waals surface area contributed by atoms with Gasteiger partial charge in [-0.3, -0.25) is 0 Å². The fraction of sp³-hybridized carbons (Fsp3) is 0.600. The number of nitrogens with zero attached hydrogens (tertiary/aromatic N) is 1. The van der Waals surface area contributed by atoms with E-state index in [1.54, 1.807) is 7.11 Å². The average molecular weight is 291 g/mol. The molecule has 0 amide bonds. The third-order valence-electron chi connectivity index (χ3n) is 2.10. The number of rotatable bonds is 5. The predicted molar refractivity (Wildman–Crippen MR) is 66.7 cm³/mol. The van der Waals surface area contributed by atoms with E-state index in [4.69, 9.17) is 17.0 Å². The molecule has 0 unspecified atom stereocenters. The summed E-state index contributed by atoms with van der Waals surface area (Å²) in [5.41, 5.74) is 1.11. The third kappa shape index (κ3) is 3.66. The molecule has 0 bridgehead atoms. The van der Waals surface area contributed by atoms with Gasteiger partial charge in [-0.25, -0.2) is 4.98 Å². The highest BCUT2D eigenvalue weighted by molar-refractivity contribution is 9.10. The van der Waals surface area contributed by atoms with Crippen LogP contribution < -0.4 is 0 Å². The lowest BCUT2D eigenvalue weighted by molar-refractivity contribution is 0.194. The van der Waals surface area contributed by atoms with Gasteiger partial charge in [-0.15, -0.1) is 0 Å². The molecule has 0 aliphatic heterocycles. The van der Waals surface area contributed by atoms with Crippen LogP contribution in [0.2, 0.25) is 0 Å². The SMILES string of the molecule is CCc1[nH]c(CCCOC)nc(=S)c1Br. The highest BCUT2D eigenvalue weighted by atomic mass is 79.9. The van der Waals surface area contributed by atoms with Crippen molar-refractivity contribution in [3.8, 4) is 0 Å². The second kappa shape index (κ2) is 6.35. The average Bonchev–Trinajstić information content (AvgIpc) is 2.23. The monoisotopic (exact) mass is 290 g/mol. The first kappa shape index (κ1) is 12.8. The zero-order chi connectivity index (χ0) is 11.3. The number of nitrogens with one attached hydrogen (secondary N) is 1. The fourth-order valence-electron chi connectivity index (χ4n) is 1.30. The molecule has 15 heavy (non-hydrogen) atoms. The van der Waals surface area contributed by atoms with Crippen molar-refractivity contribution in [3.63, 3.8) is 0 Å². The third-order valence-corrected chi connectivity index (χ3v) is 3.51. The summed E-state index contributed by atoms with van der Waals surface area (Å²) in [5, 5.41) is 0. The number of H-pyrrole nitrogens is 1. The molecule has 0 fully saturated rings. The number of methoxy groups -OCH3 is 1. The Morgan fingerprint density at radius 2 is 2.27 bits per heavy atom. The van der Waals surface area contributed by atoms with Crippen molar-refractivity contribution in [3.05, 3.63) is 20.6 Å². The normalized spacial score (nSPS) is 10.6. The van der Waals surface area contributed by atoms with Crippen molar-refractivity contribution in [1.29, 1.82) is 0 Å². The Hall–Kier alpha value is -0.260. The Morgan fingerprint density at radius 3 is 2.87 bits per heavy atom. The number of hydrogen-bond acceptors (Lipinski definition) is 3. The molecular formula is C10H15BrN2OS. The molecule has 5 heteroatoms. The molecule has 0 aromatic carbocycles. The highest BCUT2D eigenvalue weighted by Gasteiger charge is 2.04. The van der Waals surface area contributed by atoms with Gasteiger partial charge in [0.05, 0.1) is 4.47 Å². The molecule has 1 N–H and O–H groups in total. The first-order chi connectivity index (χ1) is 7.19. The lowest BCUT2D eigenvalue weighted by Gasteiger charge is -2.06. The molecule has 84 valence electrons. The van der Waals surface area contributed by atoms with Crippen molar-refractivity contribution in [2.75, 3.05) is 13.7 Å². The van der Waals surface area contributed by atoms with Gasteiger partial charge in [-0.1, -0.05) is 19.1 Å². The first-order valence-corrected chi connectivity index (χ1v) is 6.15. The summed E-state index contributed by atoms with van der Waals surface area (Å²) in [5.74, 6) is 0.942. The maximum atomic E-state index is 5.16. The van der Waals surface area contributed by atoms with Crippen molar-refractivity contribution < 1.29 is 4.74 Å². The van der Waals surface area contributed by atoms with Crippen LogP contribution in [-0.4, -0.2) is 23.7 Å². The van der Waals surface area contributed by atoms with Gasteiger partial charge in [0.2, 0.25) is 0 Å². The molecular weight excluding hydrogens is 276 g/mol. The van der Waals surface area contributed by atoms with Crippen LogP contribution in [0.1, 0.15) is 24.9 Å². The van der Waals surface area contributed by atoms with Crippen molar-refractivity contribution in [2.24, 2.45) is 0 Å². The van der Waals surface area contributed by atoms with E-state index in [1.165, 1.54) is 0 Å². The molecule has 3 nitrogen and oxygen atoms in total. The van der Waals surface area contributed by atoms with E-state index in [1.807, 2.05) is 0 Å². The largest absolute Gasteiger partial charge is 0.385 e. The second-order valence-corrected chi connectivity index (χ2v) is 4.41. The Kier molecular flexibility index (Phi) is 5.42. The van der Waals surface area contributed by atoms with Gasteiger partial charge in [0.15, 0.2) is 0 Å². The van der Waals surface area contributed by atoms with Crippen LogP contribution >= 0.6 is 28.1 Å². The Bertz CT molecular complexity index is 378. The molecule has 1 rings (SSSR count). The summed E-state index contributed by atoms with van der Waals surface area (Å²) in [6.45, 7) is 2.84. The molecule has 1 aromatic rings. The minimum absolute atomic E-state index is 0.637. The molecule has 0 aliphatic rings. The van der Waals surface area contributed by atoms with Crippen LogP contribution in [0.4, 0.5) is 0 Å². The number of halogens is 1. The standard InChI is InChI=1S/C10H15BrN2OS/c1-3-7-9(11)10(15)13-8(12-7)5-4-6-14-2/h3-6H2,1-2H3,(H,12,13,15). The van der Waals surface area contributed by atoms with E-state index in [0.29, 0.717) is 4.64 Å². The van der Waals surface area contributed by atoms with Crippen LogP contribution in [0.3, 0.4) is 0 Å². The van der Waals surface area contributed by atoms with E-state index >= 15 is 0 Å². The summed E-state index contributed by atoms with van der Waals surface area (Å²) in [6.07, 6.45) is 2.75. The lowest BCUT2D eigenvalue weighted by atomic mass is 10.3. The van der Waals surface area contributed by atoms with Crippen LogP contribution in [0, 0.1) is 4.64 Å². The smallest absolute Gasteiger partial charge is 0.144 e. The van der Waals surface area contributed by atoms with Crippen molar-refractivity contribution in [1.82, 2.24) is 9.97 Å². The summed E-state index contributed by atoms with van der Waals surface area (Å²) in [7, 11) is 1.70. The lowest BCUT2D eigenvalue weighted by Crippen LogP contribution is -2.02. The van der Waals surface area contributed by atoms with Gasteiger partial charge in [-0.05, 0) is 28.8 Å². The van der Waals surface area contributed by atoms with Gasteiger partial charge in [-0.2, -0.15) is 0 Å². The van der Waals surface area contributed by atoms with Crippen LogP contribution in [0.15, 0.2) is 4.47 Å². The quantitative estimate of drug-likeness (QED) is 0.669. The topological polar surface area (TPSA) is 37.9 Å². The minimum Gasteiger partial charge on any atom is -0.385 e. The number of hydrogen-bond donors (Lipinski definition) is 1. The molecule has 0 atom stereocenters. The summed E-state index contributed by atoms with van der Waals surface area (Å²) < 4.78 is 6.55. The Morgan fingerprint density at radius 1 is 1.53 bits per heavy atom. The van der Waals surface area contributed by atoms with E-state index in [-0.39, 0.29) is 0 Å².